The molecule has 2 aromatic rings. The van der Waals surface area contributed by atoms with Crippen LogP contribution in [0.4, 0.5) is 0 Å². The summed E-state index contributed by atoms with van der Waals surface area (Å²) in [6.45, 7) is 8.32. The zero-order valence-electron chi connectivity index (χ0n) is 15.5. The number of hydrogen-bond donors (Lipinski definition) is 2. The Kier molecular flexibility index (Phi) is 9.54. The van der Waals surface area contributed by atoms with Crippen molar-refractivity contribution < 1.29 is 4.52 Å². The lowest BCUT2D eigenvalue weighted by Gasteiger charge is -2.10. The summed E-state index contributed by atoms with van der Waals surface area (Å²) in [5.74, 6) is 2.04. The lowest BCUT2D eigenvalue weighted by Crippen LogP contribution is -2.36. The zero-order chi connectivity index (χ0) is 17.4. The molecule has 8 heteroatoms. The molecule has 0 aliphatic carbocycles. The van der Waals surface area contributed by atoms with Crippen molar-refractivity contribution in [1.29, 1.82) is 0 Å². The molecule has 0 spiro atoms. The minimum Gasteiger partial charge on any atom is -0.359 e. The predicted octanol–water partition coefficient (Wildman–Crippen LogP) is 3.19. The molecule has 0 bridgehead atoms. The van der Waals surface area contributed by atoms with Crippen molar-refractivity contribution in [3.8, 4) is 0 Å². The highest BCUT2D eigenvalue weighted by Gasteiger charge is 2.13. The fourth-order valence-electron chi connectivity index (χ4n) is 2.54. The molecule has 0 amide bonds. The van der Waals surface area contributed by atoms with E-state index in [4.69, 9.17) is 4.52 Å². The van der Waals surface area contributed by atoms with Crippen molar-refractivity contribution in [3.63, 3.8) is 0 Å². The van der Waals surface area contributed by atoms with Gasteiger partial charge < -0.3 is 15.2 Å². The molecule has 25 heavy (non-hydrogen) atoms. The fourth-order valence-corrected chi connectivity index (χ4v) is 2.54. The van der Waals surface area contributed by atoms with E-state index in [9.17, 15) is 0 Å². The summed E-state index contributed by atoms with van der Waals surface area (Å²) in [5, 5.41) is 14.9. The maximum atomic E-state index is 5.44. The Labute approximate surface area is 166 Å². The van der Waals surface area contributed by atoms with Crippen LogP contribution in [0.5, 0.6) is 0 Å². The van der Waals surface area contributed by atoms with Gasteiger partial charge in [-0.1, -0.05) is 19.0 Å². The average Bonchev–Trinajstić information content (AvgIpc) is 3.21. The summed E-state index contributed by atoms with van der Waals surface area (Å²) >= 11 is 0. The number of nitrogens with one attached hydrogen (secondary N) is 2. The van der Waals surface area contributed by atoms with Gasteiger partial charge in [0.2, 0.25) is 0 Å². The van der Waals surface area contributed by atoms with Crippen molar-refractivity contribution in [2.75, 3.05) is 6.54 Å². The van der Waals surface area contributed by atoms with Crippen LogP contribution in [0.2, 0.25) is 0 Å². The van der Waals surface area contributed by atoms with E-state index in [1.807, 2.05) is 30.8 Å². The Balaban J connectivity index is 0.00000312. The van der Waals surface area contributed by atoms with E-state index in [0.717, 1.165) is 42.5 Å². The molecule has 140 valence electrons. The maximum Gasteiger partial charge on any atom is 0.192 e. The lowest BCUT2D eigenvalue weighted by molar-refractivity contribution is 0.368. The highest BCUT2D eigenvalue weighted by molar-refractivity contribution is 14.0. The second-order valence-electron chi connectivity index (χ2n) is 5.73. The van der Waals surface area contributed by atoms with E-state index >= 15 is 0 Å². The van der Waals surface area contributed by atoms with Gasteiger partial charge in [-0.25, -0.2) is 4.99 Å². The molecule has 2 heterocycles. The molecule has 0 fully saturated rings. The van der Waals surface area contributed by atoms with Gasteiger partial charge in [0.25, 0.3) is 0 Å². The van der Waals surface area contributed by atoms with Crippen LogP contribution >= 0.6 is 24.0 Å². The van der Waals surface area contributed by atoms with Gasteiger partial charge in [0.15, 0.2) is 11.7 Å². The van der Waals surface area contributed by atoms with Gasteiger partial charge in [-0.2, -0.15) is 5.10 Å². The second-order valence-corrected chi connectivity index (χ2v) is 5.73. The first kappa shape index (κ1) is 21.5. The smallest absolute Gasteiger partial charge is 0.192 e. The van der Waals surface area contributed by atoms with Crippen molar-refractivity contribution in [3.05, 3.63) is 35.5 Å². The first-order chi connectivity index (χ1) is 11.7. The summed E-state index contributed by atoms with van der Waals surface area (Å²) in [6.07, 6.45) is 3.93. The molecule has 0 radical (unpaired) electrons. The molecule has 0 atom stereocenters. The van der Waals surface area contributed by atoms with Crippen molar-refractivity contribution in [1.82, 2.24) is 25.6 Å². The van der Waals surface area contributed by atoms with Crippen LogP contribution in [0.25, 0.3) is 0 Å². The van der Waals surface area contributed by atoms with Gasteiger partial charge in [-0.3, -0.25) is 4.68 Å². The summed E-state index contributed by atoms with van der Waals surface area (Å²) < 4.78 is 7.26. The van der Waals surface area contributed by atoms with Gasteiger partial charge >= 0.3 is 0 Å². The Morgan fingerprint density at radius 3 is 2.64 bits per heavy atom. The first-order valence-electron chi connectivity index (χ1n) is 8.62. The lowest BCUT2D eigenvalue weighted by atomic mass is 9.99. The standard InChI is InChI=1S/C17H28N6O.HI/c1-5-13(6-2)16-10-15(24-22-16)12-20-17(18-7-3)19-11-14-8-9-21-23(14)4;/h8-10,13H,5-7,11-12H2,1-4H3,(H2,18,19,20);1H. The molecule has 0 aromatic carbocycles. The monoisotopic (exact) mass is 460 g/mol. The maximum absolute atomic E-state index is 5.44. The highest BCUT2D eigenvalue weighted by atomic mass is 127. The van der Waals surface area contributed by atoms with Crippen molar-refractivity contribution >= 4 is 29.9 Å². The van der Waals surface area contributed by atoms with E-state index in [-0.39, 0.29) is 24.0 Å². The van der Waals surface area contributed by atoms with Crippen molar-refractivity contribution in [2.45, 2.75) is 52.6 Å². The molecular formula is C17H29IN6O. The summed E-state index contributed by atoms with van der Waals surface area (Å²) in [5.41, 5.74) is 2.09. The number of guanidine groups is 1. The van der Waals surface area contributed by atoms with E-state index in [1.165, 1.54) is 0 Å². The highest BCUT2D eigenvalue weighted by Crippen LogP contribution is 2.22. The molecule has 0 aliphatic rings. The van der Waals surface area contributed by atoms with Crippen LogP contribution in [0, 0.1) is 0 Å². The number of nitrogens with zero attached hydrogens (tertiary/aromatic N) is 4. The topological polar surface area (TPSA) is 80.3 Å². The van der Waals surface area contributed by atoms with Crippen LogP contribution in [0.3, 0.4) is 0 Å². The van der Waals surface area contributed by atoms with Gasteiger partial charge in [0.05, 0.1) is 24.5 Å². The molecule has 7 nitrogen and oxygen atoms in total. The van der Waals surface area contributed by atoms with E-state index in [0.29, 0.717) is 19.0 Å². The molecule has 0 aliphatic heterocycles. The Morgan fingerprint density at radius 1 is 1.28 bits per heavy atom. The third-order valence-corrected chi connectivity index (χ3v) is 4.08. The minimum atomic E-state index is 0. The average molecular weight is 460 g/mol. The van der Waals surface area contributed by atoms with Crippen molar-refractivity contribution in [2.24, 2.45) is 12.0 Å². The van der Waals surface area contributed by atoms with E-state index in [2.05, 4.69) is 39.7 Å². The third kappa shape index (κ3) is 6.33. The molecule has 0 unspecified atom stereocenters. The quantitative estimate of drug-likeness (QED) is 0.360. The van der Waals surface area contributed by atoms with E-state index in [1.54, 1.807) is 6.20 Å². The van der Waals surface area contributed by atoms with Crippen LogP contribution in [-0.2, 0) is 20.1 Å². The second kappa shape index (κ2) is 11.1. The molecule has 0 saturated carbocycles. The minimum absolute atomic E-state index is 0. The molecule has 2 aromatic heterocycles. The molecule has 0 saturated heterocycles. The summed E-state index contributed by atoms with van der Waals surface area (Å²) in [6, 6.07) is 4.00. The number of aryl methyl sites for hydroxylation is 1. The Morgan fingerprint density at radius 2 is 2.04 bits per heavy atom. The van der Waals surface area contributed by atoms with Crippen LogP contribution < -0.4 is 10.6 Å². The number of hydrogen-bond acceptors (Lipinski definition) is 4. The number of rotatable bonds is 8. The van der Waals surface area contributed by atoms with Gasteiger partial charge in [-0.05, 0) is 25.8 Å². The number of halogens is 1. The predicted molar refractivity (Wildman–Crippen MR) is 110 cm³/mol. The summed E-state index contributed by atoms with van der Waals surface area (Å²) in [7, 11) is 1.92. The molecule has 2 N–H and O–H groups in total. The summed E-state index contributed by atoms with van der Waals surface area (Å²) in [4.78, 5) is 4.58. The number of aromatic nitrogens is 3. The Bertz CT molecular complexity index is 647. The van der Waals surface area contributed by atoms with Crippen LogP contribution in [-0.4, -0.2) is 27.4 Å². The third-order valence-electron chi connectivity index (χ3n) is 4.08. The molecular weight excluding hydrogens is 431 g/mol. The van der Waals surface area contributed by atoms with E-state index < -0.39 is 0 Å². The van der Waals surface area contributed by atoms with Gasteiger partial charge in [0, 0.05) is 31.8 Å². The van der Waals surface area contributed by atoms with Gasteiger partial charge in [-0.15, -0.1) is 24.0 Å². The zero-order valence-corrected chi connectivity index (χ0v) is 17.8. The fraction of sp³-hybridized carbons (Fsp3) is 0.588. The Hall–Kier alpha value is -1.58. The van der Waals surface area contributed by atoms with Gasteiger partial charge in [0.1, 0.15) is 0 Å². The molecule has 2 rings (SSSR count). The number of aliphatic imine (C=N–C) groups is 1. The van der Waals surface area contributed by atoms with Crippen LogP contribution in [0.15, 0.2) is 27.8 Å². The largest absolute Gasteiger partial charge is 0.359 e. The van der Waals surface area contributed by atoms with Crippen LogP contribution in [0.1, 0.15) is 56.7 Å². The normalized spacial score (nSPS) is 11.5. The first-order valence-corrected chi connectivity index (χ1v) is 8.62. The SMILES string of the molecule is CCNC(=NCc1ccnn1C)NCc1cc(C(CC)CC)no1.I.